The predicted octanol–water partition coefficient (Wildman–Crippen LogP) is 3.24. The van der Waals surface area contributed by atoms with Gasteiger partial charge >= 0.3 is 0 Å². The van der Waals surface area contributed by atoms with Gasteiger partial charge in [-0.1, -0.05) is 60.7 Å². The highest BCUT2D eigenvalue weighted by molar-refractivity contribution is 7.92. The van der Waals surface area contributed by atoms with E-state index in [1.54, 1.807) is 24.3 Å². The molecule has 0 aliphatic carbocycles. The Balaban J connectivity index is 1.97. The monoisotopic (exact) mass is 523 g/mol. The van der Waals surface area contributed by atoms with E-state index in [1.807, 2.05) is 67.6 Å². The third-order valence-electron chi connectivity index (χ3n) is 5.83. The van der Waals surface area contributed by atoms with Gasteiger partial charge < -0.3 is 15.0 Å². The van der Waals surface area contributed by atoms with Gasteiger partial charge in [0, 0.05) is 20.0 Å². The van der Waals surface area contributed by atoms with E-state index in [1.165, 1.54) is 11.9 Å². The SMILES string of the molecule is CCOc1ccc(N(CC(=O)N(Cc2ccccc2)[C@H](Cc2ccccc2)C(=O)NC)S(C)(=O)=O)cc1. The van der Waals surface area contributed by atoms with E-state index in [0.29, 0.717) is 18.0 Å². The molecule has 0 unspecified atom stereocenters. The fourth-order valence-electron chi connectivity index (χ4n) is 3.99. The van der Waals surface area contributed by atoms with E-state index in [2.05, 4.69) is 5.32 Å². The Hall–Kier alpha value is -3.85. The van der Waals surface area contributed by atoms with Gasteiger partial charge in [0.2, 0.25) is 21.8 Å². The maximum Gasteiger partial charge on any atom is 0.244 e. The van der Waals surface area contributed by atoms with Crippen LogP contribution in [0.2, 0.25) is 0 Å². The molecule has 0 aliphatic rings. The molecule has 0 radical (unpaired) electrons. The largest absolute Gasteiger partial charge is 0.494 e. The molecular weight excluding hydrogens is 490 g/mol. The van der Waals surface area contributed by atoms with Crippen molar-refractivity contribution in [3.8, 4) is 5.75 Å². The van der Waals surface area contributed by atoms with Gasteiger partial charge in [-0.2, -0.15) is 0 Å². The van der Waals surface area contributed by atoms with Crippen molar-refractivity contribution < 1.29 is 22.7 Å². The fourth-order valence-corrected chi connectivity index (χ4v) is 4.84. The second-order valence-corrected chi connectivity index (χ2v) is 10.4. The molecule has 0 saturated carbocycles. The standard InChI is InChI=1S/C28H33N3O5S/c1-4-36-25-17-15-24(16-18-25)31(37(3,34)35)21-27(32)30(20-23-13-9-6-10-14-23)26(28(33)29-2)19-22-11-7-5-8-12-22/h5-18,26H,4,19-21H2,1-3H3,(H,29,33)/t26-/m1/s1. The predicted molar refractivity (Wildman–Crippen MR) is 145 cm³/mol. The number of anilines is 1. The zero-order chi connectivity index (χ0) is 26.8. The van der Waals surface area contributed by atoms with Crippen molar-refractivity contribution in [3.63, 3.8) is 0 Å². The molecule has 2 amide bonds. The van der Waals surface area contributed by atoms with Crippen LogP contribution < -0.4 is 14.4 Å². The smallest absolute Gasteiger partial charge is 0.244 e. The minimum absolute atomic E-state index is 0.144. The molecule has 196 valence electrons. The molecule has 1 atom stereocenters. The summed E-state index contributed by atoms with van der Waals surface area (Å²) < 4.78 is 32.0. The molecule has 8 nitrogen and oxygen atoms in total. The molecule has 0 fully saturated rings. The minimum Gasteiger partial charge on any atom is -0.494 e. The number of ether oxygens (including phenoxy) is 1. The van der Waals surface area contributed by atoms with Crippen molar-refractivity contribution in [2.24, 2.45) is 0 Å². The molecule has 3 aromatic rings. The Labute approximate surface area is 218 Å². The lowest BCUT2D eigenvalue weighted by atomic mass is 10.0. The molecule has 9 heteroatoms. The normalized spacial score (nSPS) is 11.9. The fraction of sp³-hybridized carbons (Fsp3) is 0.286. The Morgan fingerprint density at radius 1 is 0.892 bits per heavy atom. The first-order chi connectivity index (χ1) is 17.7. The number of carbonyl (C=O) groups excluding carboxylic acids is 2. The van der Waals surface area contributed by atoms with E-state index in [9.17, 15) is 18.0 Å². The van der Waals surface area contributed by atoms with Crippen molar-refractivity contribution in [2.75, 3.05) is 30.8 Å². The number of nitrogens with zero attached hydrogens (tertiary/aromatic N) is 2. The number of amides is 2. The lowest BCUT2D eigenvalue weighted by molar-refractivity contribution is -0.139. The van der Waals surface area contributed by atoms with Crippen molar-refractivity contribution in [1.29, 1.82) is 0 Å². The van der Waals surface area contributed by atoms with E-state index in [-0.39, 0.29) is 18.9 Å². The summed E-state index contributed by atoms with van der Waals surface area (Å²) >= 11 is 0. The number of carbonyl (C=O) groups is 2. The summed E-state index contributed by atoms with van der Waals surface area (Å²) in [5.74, 6) is -0.230. The van der Waals surface area contributed by atoms with Gasteiger partial charge in [-0.05, 0) is 42.3 Å². The summed E-state index contributed by atoms with van der Waals surface area (Å²) in [7, 11) is -2.29. The summed E-state index contributed by atoms with van der Waals surface area (Å²) in [6, 6.07) is 24.4. The Morgan fingerprint density at radius 2 is 1.46 bits per heavy atom. The van der Waals surface area contributed by atoms with Crippen LogP contribution in [0.3, 0.4) is 0 Å². The van der Waals surface area contributed by atoms with Gasteiger partial charge in [0.1, 0.15) is 18.3 Å². The molecule has 0 heterocycles. The van der Waals surface area contributed by atoms with E-state index < -0.39 is 28.5 Å². The maximum atomic E-state index is 13.8. The zero-order valence-corrected chi connectivity index (χ0v) is 22.1. The highest BCUT2D eigenvalue weighted by Crippen LogP contribution is 2.23. The second-order valence-electron chi connectivity index (χ2n) is 8.52. The van der Waals surface area contributed by atoms with Crippen molar-refractivity contribution >= 4 is 27.5 Å². The highest BCUT2D eigenvalue weighted by atomic mass is 32.2. The third-order valence-corrected chi connectivity index (χ3v) is 6.97. The molecular formula is C28H33N3O5S. The Morgan fingerprint density at radius 3 is 1.97 bits per heavy atom. The number of nitrogens with one attached hydrogen (secondary N) is 1. The molecule has 3 aromatic carbocycles. The summed E-state index contributed by atoms with van der Waals surface area (Å²) in [4.78, 5) is 28.3. The number of sulfonamides is 1. The summed E-state index contributed by atoms with van der Waals surface area (Å²) in [6.07, 6.45) is 1.33. The molecule has 3 rings (SSSR count). The van der Waals surface area contributed by atoms with Crippen LogP contribution in [0.25, 0.3) is 0 Å². The maximum absolute atomic E-state index is 13.8. The quantitative estimate of drug-likeness (QED) is 0.393. The second kappa shape index (κ2) is 12.9. The number of hydrogen-bond acceptors (Lipinski definition) is 5. The van der Waals surface area contributed by atoms with Gasteiger partial charge in [-0.3, -0.25) is 13.9 Å². The van der Waals surface area contributed by atoms with Crippen molar-refractivity contribution in [1.82, 2.24) is 10.2 Å². The number of hydrogen-bond donors (Lipinski definition) is 1. The molecule has 1 N–H and O–H groups in total. The lowest BCUT2D eigenvalue weighted by Crippen LogP contribution is -2.52. The van der Waals surface area contributed by atoms with Gasteiger partial charge in [0.05, 0.1) is 18.6 Å². The highest BCUT2D eigenvalue weighted by Gasteiger charge is 2.32. The molecule has 37 heavy (non-hydrogen) atoms. The van der Waals surface area contributed by atoms with Crippen LogP contribution in [-0.2, 0) is 32.6 Å². The van der Waals surface area contributed by atoms with Crippen LogP contribution >= 0.6 is 0 Å². The van der Waals surface area contributed by atoms with E-state index in [0.717, 1.165) is 21.7 Å². The summed E-state index contributed by atoms with van der Waals surface area (Å²) in [6.45, 7) is 2.02. The van der Waals surface area contributed by atoms with Crippen LogP contribution in [0.1, 0.15) is 18.1 Å². The zero-order valence-electron chi connectivity index (χ0n) is 21.3. The molecule has 0 aliphatic heterocycles. The van der Waals surface area contributed by atoms with Gasteiger partial charge in [0.15, 0.2) is 0 Å². The van der Waals surface area contributed by atoms with Crippen LogP contribution in [0.15, 0.2) is 84.9 Å². The first-order valence-corrected chi connectivity index (χ1v) is 13.9. The summed E-state index contributed by atoms with van der Waals surface area (Å²) in [5, 5.41) is 2.66. The number of likely N-dealkylation sites (N-methyl/N-ethyl adjacent to an activating group) is 1. The van der Waals surface area contributed by atoms with Crippen molar-refractivity contribution in [2.45, 2.75) is 25.9 Å². The first kappa shape index (κ1) is 27.7. The number of benzene rings is 3. The first-order valence-electron chi connectivity index (χ1n) is 12.0. The molecule has 0 saturated heterocycles. The summed E-state index contributed by atoms with van der Waals surface area (Å²) in [5.41, 5.74) is 2.04. The lowest BCUT2D eigenvalue weighted by Gasteiger charge is -2.33. The van der Waals surface area contributed by atoms with Gasteiger partial charge in [-0.15, -0.1) is 0 Å². The van der Waals surface area contributed by atoms with Crippen LogP contribution in [0, 0.1) is 0 Å². The van der Waals surface area contributed by atoms with Gasteiger partial charge in [0.25, 0.3) is 0 Å². The Kier molecular flexibility index (Phi) is 9.68. The molecule has 0 bridgehead atoms. The topological polar surface area (TPSA) is 96.0 Å². The average molecular weight is 524 g/mol. The average Bonchev–Trinajstić information content (AvgIpc) is 2.90. The molecule has 0 spiro atoms. The van der Waals surface area contributed by atoms with Crippen LogP contribution in [0.4, 0.5) is 5.69 Å². The van der Waals surface area contributed by atoms with E-state index >= 15 is 0 Å². The van der Waals surface area contributed by atoms with Crippen LogP contribution in [0.5, 0.6) is 5.75 Å². The molecule has 0 aromatic heterocycles. The minimum atomic E-state index is -3.81. The third kappa shape index (κ3) is 7.82. The Bertz CT molecular complexity index is 1270. The van der Waals surface area contributed by atoms with E-state index in [4.69, 9.17) is 4.74 Å². The number of rotatable bonds is 12. The van der Waals surface area contributed by atoms with Crippen LogP contribution in [-0.4, -0.2) is 57.6 Å². The van der Waals surface area contributed by atoms with Gasteiger partial charge in [-0.25, -0.2) is 8.42 Å². The van der Waals surface area contributed by atoms with Crippen molar-refractivity contribution in [3.05, 3.63) is 96.1 Å².